The van der Waals surface area contributed by atoms with Crippen LogP contribution >= 0.6 is 11.6 Å². The second-order valence-electron chi connectivity index (χ2n) is 4.37. The molecule has 0 aliphatic carbocycles. The van der Waals surface area contributed by atoms with Crippen molar-refractivity contribution in [1.29, 1.82) is 0 Å². The van der Waals surface area contributed by atoms with Crippen LogP contribution in [0.4, 0.5) is 15.8 Å². The molecule has 0 aromatic heterocycles. The van der Waals surface area contributed by atoms with Gasteiger partial charge in [0.15, 0.2) is 5.67 Å². The summed E-state index contributed by atoms with van der Waals surface area (Å²) in [6, 6.07) is 4.28. The number of hydrogen-bond donors (Lipinski definition) is 1. The third-order valence-corrected chi connectivity index (χ3v) is 3.30. The van der Waals surface area contributed by atoms with Gasteiger partial charge in [-0.1, -0.05) is 11.6 Å². The van der Waals surface area contributed by atoms with Crippen LogP contribution in [0.15, 0.2) is 18.2 Å². The molecule has 0 radical (unpaired) electrons. The molecule has 1 N–H and O–H groups in total. The highest BCUT2D eigenvalue weighted by Gasteiger charge is 2.39. The van der Waals surface area contributed by atoms with Crippen molar-refractivity contribution in [3.8, 4) is 0 Å². The van der Waals surface area contributed by atoms with Crippen LogP contribution in [0.25, 0.3) is 0 Å². The molecule has 0 spiro atoms. The quantitative estimate of drug-likeness (QED) is 0.677. The average molecular weight is 275 g/mol. The van der Waals surface area contributed by atoms with Gasteiger partial charge in [0.25, 0.3) is 5.69 Å². The lowest BCUT2D eigenvalue weighted by Gasteiger charge is -2.20. The van der Waals surface area contributed by atoms with Gasteiger partial charge in [-0.2, -0.15) is 0 Å². The van der Waals surface area contributed by atoms with Crippen molar-refractivity contribution in [1.82, 2.24) is 0 Å². The number of aliphatic hydroxyl groups is 1. The fourth-order valence-electron chi connectivity index (χ4n) is 2.08. The highest BCUT2D eigenvalue weighted by atomic mass is 35.5. The average Bonchev–Trinajstić information content (AvgIpc) is 2.72. The molecule has 18 heavy (non-hydrogen) atoms. The Kier molecular flexibility index (Phi) is 3.41. The van der Waals surface area contributed by atoms with Gasteiger partial charge in [-0.25, -0.2) is 4.39 Å². The Morgan fingerprint density at radius 1 is 1.61 bits per heavy atom. The number of nitro groups is 1. The van der Waals surface area contributed by atoms with Gasteiger partial charge in [0.1, 0.15) is 5.69 Å². The first-order valence-electron chi connectivity index (χ1n) is 5.44. The first-order valence-corrected chi connectivity index (χ1v) is 5.82. The zero-order chi connectivity index (χ0) is 13.3. The van der Waals surface area contributed by atoms with E-state index in [2.05, 4.69) is 0 Å². The summed E-state index contributed by atoms with van der Waals surface area (Å²) in [5.41, 5.74) is -1.50. The zero-order valence-corrected chi connectivity index (χ0v) is 10.2. The number of nitrogens with zero attached hydrogens (tertiary/aromatic N) is 2. The van der Waals surface area contributed by atoms with E-state index in [4.69, 9.17) is 16.7 Å². The van der Waals surface area contributed by atoms with E-state index in [9.17, 15) is 14.5 Å². The molecular formula is C11H12ClFN2O3. The van der Waals surface area contributed by atoms with E-state index in [1.54, 1.807) is 4.90 Å². The summed E-state index contributed by atoms with van der Waals surface area (Å²) < 4.78 is 13.9. The summed E-state index contributed by atoms with van der Waals surface area (Å²) >= 11 is 5.71. The monoisotopic (exact) mass is 274 g/mol. The smallest absolute Gasteiger partial charge is 0.294 e. The van der Waals surface area contributed by atoms with E-state index >= 15 is 0 Å². The molecule has 2 rings (SSSR count). The van der Waals surface area contributed by atoms with Crippen LogP contribution in [0.2, 0.25) is 5.02 Å². The summed E-state index contributed by atoms with van der Waals surface area (Å²) in [6.45, 7) is -0.295. The van der Waals surface area contributed by atoms with E-state index in [0.717, 1.165) is 0 Å². The van der Waals surface area contributed by atoms with Gasteiger partial charge in [-0.3, -0.25) is 10.1 Å². The van der Waals surface area contributed by atoms with Crippen LogP contribution < -0.4 is 4.90 Å². The van der Waals surface area contributed by atoms with Gasteiger partial charge in [-0.15, -0.1) is 0 Å². The predicted molar refractivity (Wildman–Crippen MR) is 65.9 cm³/mol. The van der Waals surface area contributed by atoms with Crippen LogP contribution in [0.3, 0.4) is 0 Å². The number of halogens is 2. The number of hydrogen-bond acceptors (Lipinski definition) is 4. The molecule has 0 saturated carbocycles. The van der Waals surface area contributed by atoms with Gasteiger partial charge >= 0.3 is 0 Å². The van der Waals surface area contributed by atoms with Crippen LogP contribution in [-0.4, -0.2) is 35.4 Å². The largest absolute Gasteiger partial charge is 0.393 e. The van der Waals surface area contributed by atoms with Crippen LogP contribution in [0, 0.1) is 10.1 Å². The molecule has 1 heterocycles. The summed E-state index contributed by atoms with van der Waals surface area (Å²) in [5.74, 6) is 0. The molecule has 98 valence electrons. The third-order valence-electron chi connectivity index (χ3n) is 3.06. The molecule has 0 amide bonds. The number of alkyl halides is 1. The Morgan fingerprint density at radius 2 is 2.33 bits per heavy atom. The number of aliphatic hydroxyl groups excluding tert-OH is 1. The van der Waals surface area contributed by atoms with E-state index in [0.29, 0.717) is 12.2 Å². The molecule has 1 aromatic carbocycles. The fraction of sp³-hybridized carbons (Fsp3) is 0.455. The lowest BCUT2D eigenvalue weighted by atomic mass is 10.1. The molecule has 7 heteroatoms. The highest BCUT2D eigenvalue weighted by molar-refractivity contribution is 6.30. The van der Waals surface area contributed by atoms with Crippen molar-refractivity contribution in [2.75, 3.05) is 24.6 Å². The maximum absolute atomic E-state index is 13.9. The Labute approximate surface area is 108 Å². The highest BCUT2D eigenvalue weighted by Crippen LogP contribution is 2.36. The molecule has 1 aliphatic rings. The third kappa shape index (κ3) is 2.39. The lowest BCUT2D eigenvalue weighted by Crippen LogP contribution is -2.32. The maximum Gasteiger partial charge on any atom is 0.294 e. The first-order chi connectivity index (χ1) is 8.45. The zero-order valence-electron chi connectivity index (χ0n) is 9.47. The fourth-order valence-corrected chi connectivity index (χ4v) is 2.25. The normalized spacial score (nSPS) is 23.4. The Balaban J connectivity index is 2.32. The van der Waals surface area contributed by atoms with Crippen molar-refractivity contribution in [3.63, 3.8) is 0 Å². The SMILES string of the molecule is O=[N+]([O-])c1cc(Cl)ccc1N1CC[C@@](F)(CO)C1. The Hall–Kier alpha value is -1.40. The van der Waals surface area contributed by atoms with Gasteiger partial charge in [0.2, 0.25) is 0 Å². The molecule has 1 atom stereocenters. The summed E-state index contributed by atoms with van der Waals surface area (Å²) in [5, 5.41) is 20.2. The Bertz CT molecular complexity index is 485. The molecule has 1 saturated heterocycles. The molecule has 1 aliphatic heterocycles. The topological polar surface area (TPSA) is 66.6 Å². The van der Waals surface area contributed by atoms with Gasteiger partial charge in [0, 0.05) is 24.1 Å². The van der Waals surface area contributed by atoms with E-state index in [1.165, 1.54) is 18.2 Å². The summed E-state index contributed by atoms with van der Waals surface area (Å²) in [4.78, 5) is 12.0. The standard InChI is InChI=1S/C11H12ClFN2O3/c12-8-1-2-9(10(5-8)15(17)18)14-4-3-11(13,6-14)7-16/h1-2,5,16H,3-4,6-7H2/t11-/m0/s1. The van der Waals surface area contributed by atoms with Crippen molar-refractivity contribution in [2.24, 2.45) is 0 Å². The summed E-state index contributed by atoms with van der Waals surface area (Å²) in [7, 11) is 0. The minimum absolute atomic E-state index is 0.0496. The second-order valence-corrected chi connectivity index (χ2v) is 4.81. The van der Waals surface area contributed by atoms with Crippen LogP contribution in [-0.2, 0) is 0 Å². The first kappa shape index (κ1) is 13.0. The molecule has 1 aromatic rings. The number of nitro benzene ring substituents is 1. The molecule has 5 nitrogen and oxygen atoms in total. The van der Waals surface area contributed by atoms with Crippen LogP contribution in [0.5, 0.6) is 0 Å². The van der Waals surface area contributed by atoms with Crippen molar-refractivity contribution in [3.05, 3.63) is 33.3 Å². The van der Waals surface area contributed by atoms with E-state index in [1.807, 2.05) is 0 Å². The minimum atomic E-state index is -1.69. The van der Waals surface area contributed by atoms with Gasteiger partial charge < -0.3 is 10.0 Å². The molecule has 0 bridgehead atoms. The summed E-state index contributed by atoms with van der Waals surface area (Å²) in [6.07, 6.45) is 0.156. The van der Waals surface area contributed by atoms with Gasteiger partial charge in [-0.05, 0) is 12.1 Å². The van der Waals surface area contributed by atoms with E-state index < -0.39 is 17.2 Å². The lowest BCUT2D eigenvalue weighted by molar-refractivity contribution is -0.384. The van der Waals surface area contributed by atoms with Gasteiger partial charge in [0.05, 0.1) is 18.1 Å². The number of benzene rings is 1. The van der Waals surface area contributed by atoms with Crippen LogP contribution in [0.1, 0.15) is 6.42 Å². The van der Waals surface area contributed by atoms with Crippen molar-refractivity contribution in [2.45, 2.75) is 12.1 Å². The van der Waals surface area contributed by atoms with E-state index in [-0.39, 0.29) is 23.7 Å². The minimum Gasteiger partial charge on any atom is -0.393 e. The Morgan fingerprint density at radius 3 is 2.89 bits per heavy atom. The van der Waals surface area contributed by atoms with Crippen molar-refractivity contribution < 1.29 is 14.4 Å². The van der Waals surface area contributed by atoms with Crippen molar-refractivity contribution >= 4 is 23.0 Å². The molecule has 0 unspecified atom stereocenters. The predicted octanol–water partition coefficient (Wildman–Crippen LogP) is 2.16. The maximum atomic E-state index is 13.9. The number of anilines is 1. The second kappa shape index (κ2) is 4.70. The number of rotatable bonds is 3. The molecular weight excluding hydrogens is 263 g/mol. The molecule has 1 fully saturated rings.